The summed E-state index contributed by atoms with van der Waals surface area (Å²) < 4.78 is 4.63. The summed E-state index contributed by atoms with van der Waals surface area (Å²) in [6.45, 7) is 0.578. The van der Waals surface area contributed by atoms with E-state index in [-0.39, 0.29) is 5.97 Å². The maximum atomic E-state index is 11.3. The fourth-order valence-electron chi connectivity index (χ4n) is 1.50. The minimum atomic E-state index is -0.345. The Bertz CT molecular complexity index is 572. The molecule has 0 bridgehead atoms. The normalized spacial score (nSPS) is 10.0. The Labute approximate surface area is 115 Å². The van der Waals surface area contributed by atoms with Crippen molar-refractivity contribution < 1.29 is 9.53 Å². The Morgan fingerprint density at radius 1 is 1.32 bits per heavy atom. The summed E-state index contributed by atoms with van der Waals surface area (Å²) in [6.07, 6.45) is 1.39. The number of esters is 1. The Morgan fingerprint density at radius 3 is 2.68 bits per heavy atom. The van der Waals surface area contributed by atoms with Gasteiger partial charge in [-0.25, -0.2) is 14.8 Å². The van der Waals surface area contributed by atoms with E-state index in [0.717, 1.165) is 5.56 Å². The number of carbonyl (C=O) groups is 1. The molecule has 0 fully saturated rings. The van der Waals surface area contributed by atoms with E-state index in [2.05, 4.69) is 20.0 Å². The zero-order chi connectivity index (χ0) is 13.7. The predicted molar refractivity (Wildman–Crippen MR) is 72.2 cm³/mol. The van der Waals surface area contributed by atoms with Crippen molar-refractivity contribution in [3.8, 4) is 0 Å². The first-order valence-corrected chi connectivity index (χ1v) is 5.95. The van der Waals surface area contributed by atoms with Crippen LogP contribution in [0, 0.1) is 0 Å². The van der Waals surface area contributed by atoms with Gasteiger partial charge in [0.2, 0.25) is 0 Å². The lowest BCUT2D eigenvalue weighted by Crippen LogP contribution is -2.04. The number of nitrogens with one attached hydrogen (secondary N) is 1. The second-order valence-electron chi connectivity index (χ2n) is 3.77. The summed E-state index contributed by atoms with van der Waals surface area (Å²) in [7, 11) is 1.36. The molecule has 1 N–H and O–H groups in total. The van der Waals surface area contributed by atoms with E-state index >= 15 is 0 Å². The summed E-state index contributed by atoms with van der Waals surface area (Å²) >= 11 is 5.76. The molecule has 0 aliphatic rings. The number of hydrogen-bond donors (Lipinski definition) is 1. The molecule has 0 saturated heterocycles. The van der Waals surface area contributed by atoms with Crippen LogP contribution in [0.25, 0.3) is 0 Å². The molecule has 5 nitrogen and oxygen atoms in total. The molecule has 0 aliphatic heterocycles. The van der Waals surface area contributed by atoms with Crippen molar-refractivity contribution in [3.05, 3.63) is 52.9 Å². The molecule has 1 aromatic heterocycles. The molecule has 0 saturated carbocycles. The van der Waals surface area contributed by atoms with Crippen LogP contribution in [0.3, 0.4) is 0 Å². The molecule has 6 heteroatoms. The lowest BCUT2D eigenvalue weighted by atomic mass is 10.1. The first kappa shape index (κ1) is 13.3. The SMILES string of the molecule is COC(=O)c1ccc(CNc2cc(Cl)ncn2)cc1. The Morgan fingerprint density at radius 2 is 2.05 bits per heavy atom. The van der Waals surface area contributed by atoms with Crippen molar-refractivity contribution in [1.82, 2.24) is 9.97 Å². The van der Waals surface area contributed by atoms with Gasteiger partial charge >= 0.3 is 5.97 Å². The third-order valence-corrected chi connectivity index (χ3v) is 2.69. The highest BCUT2D eigenvalue weighted by atomic mass is 35.5. The van der Waals surface area contributed by atoms with Crippen molar-refractivity contribution in [2.24, 2.45) is 0 Å². The number of halogens is 1. The van der Waals surface area contributed by atoms with Gasteiger partial charge in [0.05, 0.1) is 12.7 Å². The minimum absolute atomic E-state index is 0.345. The Hall–Kier alpha value is -2.14. The highest BCUT2D eigenvalue weighted by Gasteiger charge is 2.04. The van der Waals surface area contributed by atoms with Crippen molar-refractivity contribution in [3.63, 3.8) is 0 Å². The summed E-state index contributed by atoms with van der Waals surface area (Å²) in [5.41, 5.74) is 1.54. The Balaban J connectivity index is 1.98. The number of carbonyl (C=O) groups excluding carboxylic acids is 1. The van der Waals surface area contributed by atoms with Crippen LogP contribution in [-0.2, 0) is 11.3 Å². The molecule has 0 spiro atoms. The predicted octanol–water partition coefficient (Wildman–Crippen LogP) is 2.53. The largest absolute Gasteiger partial charge is 0.465 e. The quantitative estimate of drug-likeness (QED) is 0.687. The number of ether oxygens (including phenoxy) is 1. The number of nitrogens with zero attached hydrogens (tertiary/aromatic N) is 2. The van der Waals surface area contributed by atoms with E-state index in [1.165, 1.54) is 13.4 Å². The van der Waals surface area contributed by atoms with E-state index in [1.54, 1.807) is 18.2 Å². The van der Waals surface area contributed by atoms with E-state index in [1.807, 2.05) is 12.1 Å². The van der Waals surface area contributed by atoms with E-state index in [4.69, 9.17) is 11.6 Å². The third-order valence-electron chi connectivity index (χ3n) is 2.48. The zero-order valence-corrected chi connectivity index (χ0v) is 11.0. The molecule has 2 aromatic rings. The number of rotatable bonds is 4. The van der Waals surface area contributed by atoms with Crippen molar-refractivity contribution >= 4 is 23.4 Å². The van der Waals surface area contributed by atoms with Gasteiger partial charge in [-0.1, -0.05) is 23.7 Å². The van der Waals surface area contributed by atoms with Crippen LogP contribution >= 0.6 is 11.6 Å². The monoisotopic (exact) mass is 277 g/mol. The second kappa shape index (κ2) is 6.15. The summed E-state index contributed by atoms with van der Waals surface area (Å²) in [5, 5.41) is 3.50. The summed E-state index contributed by atoms with van der Waals surface area (Å²) in [4.78, 5) is 19.1. The molecule has 0 atom stereocenters. The number of anilines is 1. The van der Waals surface area contributed by atoms with Crippen LogP contribution in [0.2, 0.25) is 5.15 Å². The standard InChI is InChI=1S/C13H12ClN3O2/c1-19-13(18)10-4-2-9(3-5-10)7-15-12-6-11(14)16-8-17-12/h2-6,8H,7H2,1H3,(H,15,16,17). The van der Waals surface area contributed by atoms with Gasteiger partial charge in [0.15, 0.2) is 0 Å². The van der Waals surface area contributed by atoms with Crippen LogP contribution < -0.4 is 5.32 Å². The smallest absolute Gasteiger partial charge is 0.337 e. The number of benzene rings is 1. The maximum absolute atomic E-state index is 11.3. The number of methoxy groups -OCH3 is 1. The highest BCUT2D eigenvalue weighted by Crippen LogP contribution is 2.11. The van der Waals surface area contributed by atoms with Gasteiger partial charge < -0.3 is 10.1 Å². The van der Waals surface area contributed by atoms with E-state index in [9.17, 15) is 4.79 Å². The van der Waals surface area contributed by atoms with Gasteiger partial charge in [0.1, 0.15) is 17.3 Å². The van der Waals surface area contributed by atoms with Crippen LogP contribution in [0.4, 0.5) is 5.82 Å². The number of aromatic nitrogens is 2. The zero-order valence-electron chi connectivity index (χ0n) is 10.3. The van der Waals surface area contributed by atoms with Gasteiger partial charge in [-0.05, 0) is 17.7 Å². The first-order chi connectivity index (χ1) is 9.19. The minimum Gasteiger partial charge on any atom is -0.465 e. The van der Waals surface area contributed by atoms with Gasteiger partial charge in [0, 0.05) is 12.6 Å². The lowest BCUT2D eigenvalue weighted by molar-refractivity contribution is 0.0600. The molecule has 19 heavy (non-hydrogen) atoms. The van der Waals surface area contributed by atoms with Crippen LogP contribution in [0.5, 0.6) is 0 Å². The van der Waals surface area contributed by atoms with E-state index < -0.39 is 0 Å². The molecule has 1 heterocycles. The molecule has 0 radical (unpaired) electrons. The van der Waals surface area contributed by atoms with Crippen molar-refractivity contribution in [1.29, 1.82) is 0 Å². The topological polar surface area (TPSA) is 64.1 Å². The van der Waals surface area contributed by atoms with Gasteiger partial charge in [-0.15, -0.1) is 0 Å². The molecule has 1 aromatic carbocycles. The Kier molecular flexibility index (Phi) is 4.30. The lowest BCUT2D eigenvalue weighted by Gasteiger charge is -2.06. The molecule has 2 rings (SSSR count). The van der Waals surface area contributed by atoms with Crippen molar-refractivity contribution in [2.45, 2.75) is 6.54 Å². The van der Waals surface area contributed by atoms with Gasteiger partial charge in [-0.2, -0.15) is 0 Å². The summed E-state index contributed by atoms with van der Waals surface area (Å²) in [6, 6.07) is 8.78. The fourth-order valence-corrected chi connectivity index (χ4v) is 1.65. The molecular formula is C13H12ClN3O2. The number of hydrogen-bond acceptors (Lipinski definition) is 5. The van der Waals surface area contributed by atoms with Crippen LogP contribution in [-0.4, -0.2) is 23.0 Å². The fraction of sp³-hybridized carbons (Fsp3) is 0.154. The third kappa shape index (κ3) is 3.66. The molecular weight excluding hydrogens is 266 g/mol. The molecule has 98 valence electrons. The maximum Gasteiger partial charge on any atom is 0.337 e. The first-order valence-electron chi connectivity index (χ1n) is 5.57. The average Bonchev–Trinajstić information content (AvgIpc) is 2.45. The average molecular weight is 278 g/mol. The van der Waals surface area contributed by atoms with Gasteiger partial charge in [0.25, 0.3) is 0 Å². The van der Waals surface area contributed by atoms with Crippen molar-refractivity contribution in [2.75, 3.05) is 12.4 Å². The van der Waals surface area contributed by atoms with Crippen LogP contribution in [0.1, 0.15) is 15.9 Å². The van der Waals surface area contributed by atoms with E-state index in [0.29, 0.717) is 23.1 Å². The molecule has 0 aliphatic carbocycles. The highest BCUT2D eigenvalue weighted by molar-refractivity contribution is 6.29. The molecule has 0 unspecified atom stereocenters. The summed E-state index contributed by atoms with van der Waals surface area (Å²) in [5.74, 6) is 0.305. The van der Waals surface area contributed by atoms with Gasteiger partial charge in [-0.3, -0.25) is 0 Å². The van der Waals surface area contributed by atoms with Crippen LogP contribution in [0.15, 0.2) is 36.7 Å². The second-order valence-corrected chi connectivity index (χ2v) is 4.16. The molecule has 0 amide bonds.